The lowest BCUT2D eigenvalue weighted by Crippen LogP contribution is -2.22. The van der Waals surface area contributed by atoms with Gasteiger partial charge in [-0.3, -0.25) is 0 Å². The summed E-state index contributed by atoms with van der Waals surface area (Å²) in [5.41, 5.74) is 0.261. The van der Waals surface area contributed by atoms with Gasteiger partial charge in [0.15, 0.2) is 0 Å². The molecule has 0 aliphatic carbocycles. The van der Waals surface area contributed by atoms with Gasteiger partial charge in [-0.15, -0.1) is 0 Å². The second kappa shape index (κ2) is 30.6. The third kappa shape index (κ3) is 20.1. The first kappa shape index (κ1) is 56.7. The molecular weight excluding hydrogens is 973 g/mol. The van der Waals surface area contributed by atoms with Crippen LogP contribution in [-0.2, 0) is 33.3 Å². The van der Waals surface area contributed by atoms with Crippen LogP contribution in [-0.4, -0.2) is 87.7 Å². The SMILES string of the molecule is C=CC(=O)OCCCCCCOc1ccc(C(=O)Oc2ccc(OC(C)OC(=O)c3cc(OC(=O)c4ccc(OCCCOC(=O)C=C)cc4)ccc3OC(=O)c3ccc(OCCCOC(=O)C=C)cc3)cc2)cc1. The Morgan fingerprint density at radius 2 is 0.760 bits per heavy atom. The second-order valence-electron chi connectivity index (χ2n) is 15.7. The Kier molecular flexibility index (Phi) is 23.2. The molecule has 0 bridgehead atoms. The van der Waals surface area contributed by atoms with Crippen molar-refractivity contribution in [3.05, 3.63) is 175 Å². The van der Waals surface area contributed by atoms with Crippen molar-refractivity contribution in [1.82, 2.24) is 0 Å². The number of carbonyl (C=O) groups excluding carboxylic acids is 7. The first-order chi connectivity index (χ1) is 36.3. The van der Waals surface area contributed by atoms with Crippen molar-refractivity contribution < 1.29 is 85.7 Å². The highest BCUT2D eigenvalue weighted by Crippen LogP contribution is 2.29. The van der Waals surface area contributed by atoms with Crippen LogP contribution in [0.2, 0.25) is 0 Å². The van der Waals surface area contributed by atoms with Crippen molar-refractivity contribution in [3.63, 3.8) is 0 Å². The van der Waals surface area contributed by atoms with Gasteiger partial charge in [-0.25, -0.2) is 33.6 Å². The van der Waals surface area contributed by atoms with Crippen LogP contribution in [0.25, 0.3) is 0 Å². The van der Waals surface area contributed by atoms with Crippen molar-refractivity contribution in [1.29, 1.82) is 0 Å². The fourth-order valence-electron chi connectivity index (χ4n) is 6.33. The fraction of sp³-hybridized carbons (Fsp3) is 0.246. The zero-order valence-corrected chi connectivity index (χ0v) is 41.2. The minimum absolute atomic E-state index is 0.0877. The topological polar surface area (TPSA) is 221 Å². The first-order valence-electron chi connectivity index (χ1n) is 23.7. The Bertz CT molecular complexity index is 2730. The molecule has 0 aromatic heterocycles. The highest BCUT2D eigenvalue weighted by atomic mass is 16.7. The van der Waals surface area contributed by atoms with Crippen LogP contribution in [0.3, 0.4) is 0 Å². The first-order valence-corrected chi connectivity index (χ1v) is 23.7. The third-order valence-electron chi connectivity index (χ3n) is 10.1. The van der Waals surface area contributed by atoms with Crippen LogP contribution in [0, 0.1) is 0 Å². The number of hydrogen-bond donors (Lipinski definition) is 0. The molecule has 5 aromatic carbocycles. The molecule has 0 aliphatic heterocycles. The van der Waals surface area contributed by atoms with E-state index < -0.39 is 48.1 Å². The van der Waals surface area contributed by atoms with Gasteiger partial charge in [0.25, 0.3) is 0 Å². The Morgan fingerprint density at radius 3 is 1.21 bits per heavy atom. The Hall–Kier alpha value is -9.19. The van der Waals surface area contributed by atoms with Gasteiger partial charge in [-0.05, 0) is 141 Å². The highest BCUT2D eigenvalue weighted by molar-refractivity contribution is 5.97. The van der Waals surface area contributed by atoms with Crippen molar-refractivity contribution in [2.24, 2.45) is 0 Å². The summed E-state index contributed by atoms with van der Waals surface area (Å²) < 4.78 is 60.1. The summed E-state index contributed by atoms with van der Waals surface area (Å²) in [5.74, 6) is -3.12. The molecule has 0 heterocycles. The van der Waals surface area contributed by atoms with E-state index in [-0.39, 0.29) is 66.1 Å². The number of esters is 7. The number of carbonyl (C=O) groups is 7. The van der Waals surface area contributed by atoms with Gasteiger partial charge in [-0.1, -0.05) is 19.7 Å². The van der Waals surface area contributed by atoms with E-state index in [1.165, 1.54) is 73.7 Å². The van der Waals surface area contributed by atoms with Crippen LogP contribution in [0.5, 0.6) is 40.2 Å². The lowest BCUT2D eigenvalue weighted by molar-refractivity contribution is -0.138. The molecule has 1 unspecified atom stereocenters. The predicted octanol–water partition coefficient (Wildman–Crippen LogP) is 9.59. The van der Waals surface area contributed by atoms with Gasteiger partial charge >= 0.3 is 41.8 Å². The molecule has 5 rings (SSSR count). The maximum absolute atomic E-state index is 13.8. The van der Waals surface area contributed by atoms with Crippen LogP contribution in [0.15, 0.2) is 153 Å². The Labute approximate surface area is 433 Å². The van der Waals surface area contributed by atoms with E-state index in [9.17, 15) is 33.6 Å². The van der Waals surface area contributed by atoms with E-state index in [1.54, 1.807) is 48.5 Å². The largest absolute Gasteiger partial charge is 0.494 e. The maximum Gasteiger partial charge on any atom is 0.345 e. The van der Waals surface area contributed by atoms with Crippen molar-refractivity contribution in [2.75, 3.05) is 39.6 Å². The molecule has 0 fully saturated rings. The molecule has 1 atom stereocenters. The van der Waals surface area contributed by atoms with Gasteiger partial charge in [-0.2, -0.15) is 0 Å². The molecule has 75 heavy (non-hydrogen) atoms. The summed E-state index contributed by atoms with van der Waals surface area (Å²) in [7, 11) is 0. The summed E-state index contributed by atoms with van der Waals surface area (Å²) in [6, 6.07) is 28.4. The van der Waals surface area contributed by atoms with Crippen LogP contribution in [0.1, 0.15) is 86.9 Å². The van der Waals surface area contributed by atoms with E-state index in [2.05, 4.69) is 19.7 Å². The molecule has 0 radical (unpaired) electrons. The van der Waals surface area contributed by atoms with E-state index in [0.29, 0.717) is 48.9 Å². The van der Waals surface area contributed by atoms with E-state index >= 15 is 0 Å². The van der Waals surface area contributed by atoms with Crippen LogP contribution in [0.4, 0.5) is 0 Å². The molecule has 0 saturated heterocycles. The molecule has 0 amide bonds. The van der Waals surface area contributed by atoms with E-state index in [0.717, 1.165) is 43.9 Å². The molecule has 0 spiro atoms. The average molecular weight is 1030 g/mol. The highest BCUT2D eigenvalue weighted by Gasteiger charge is 2.23. The minimum Gasteiger partial charge on any atom is -0.494 e. The molecule has 0 saturated carbocycles. The van der Waals surface area contributed by atoms with Gasteiger partial charge in [0.2, 0.25) is 6.29 Å². The number of rotatable bonds is 31. The fourth-order valence-corrected chi connectivity index (χ4v) is 6.33. The van der Waals surface area contributed by atoms with Crippen LogP contribution < -0.4 is 33.2 Å². The number of benzene rings is 5. The van der Waals surface area contributed by atoms with Gasteiger partial charge in [0.1, 0.15) is 45.8 Å². The van der Waals surface area contributed by atoms with Gasteiger partial charge in [0.05, 0.1) is 56.3 Å². The normalized spacial score (nSPS) is 10.8. The molecule has 5 aromatic rings. The molecular formula is C57H56O18. The Balaban J connectivity index is 1.17. The van der Waals surface area contributed by atoms with E-state index in [1.807, 2.05) is 0 Å². The summed E-state index contributed by atoms with van der Waals surface area (Å²) in [6.45, 7) is 13.1. The van der Waals surface area contributed by atoms with Crippen molar-refractivity contribution >= 4 is 41.8 Å². The molecule has 0 N–H and O–H groups in total. The summed E-state index contributed by atoms with van der Waals surface area (Å²) >= 11 is 0. The molecule has 18 nitrogen and oxygen atoms in total. The average Bonchev–Trinajstić information content (AvgIpc) is 3.42. The maximum atomic E-state index is 13.8. The second-order valence-corrected chi connectivity index (χ2v) is 15.7. The van der Waals surface area contributed by atoms with Gasteiger partial charge < -0.3 is 52.1 Å². The molecule has 392 valence electrons. The molecule has 18 heteroatoms. The number of unbranched alkanes of at least 4 members (excludes halogenated alkanes) is 3. The van der Waals surface area contributed by atoms with Crippen LogP contribution >= 0.6 is 0 Å². The van der Waals surface area contributed by atoms with E-state index in [4.69, 9.17) is 52.1 Å². The summed E-state index contributed by atoms with van der Waals surface area (Å²) in [4.78, 5) is 86.9. The Morgan fingerprint density at radius 1 is 0.400 bits per heavy atom. The van der Waals surface area contributed by atoms with Crippen molar-refractivity contribution in [3.8, 4) is 40.2 Å². The standard InChI is InChI=1S/C57H56O18/c1-5-51(58)68-33-11-9-8-10-32-65-43-20-14-40(15-21-43)54(61)73-47-28-26-46(27-29-47)71-39(4)72-57(64)49-38-48(74-55(62)41-16-22-44(23-17-41)66-34-12-36-69-52(59)6-2)30-31-50(49)75-56(63)42-18-24-45(25-19-42)67-35-13-37-70-53(60)7-3/h5-7,14-31,38-39H,1-3,8-13,32-37H2,4H3. The van der Waals surface area contributed by atoms with Gasteiger partial charge in [0, 0.05) is 38.0 Å². The zero-order valence-electron chi connectivity index (χ0n) is 41.2. The smallest absolute Gasteiger partial charge is 0.345 e. The zero-order chi connectivity index (χ0) is 53.8. The predicted molar refractivity (Wildman–Crippen MR) is 270 cm³/mol. The summed E-state index contributed by atoms with van der Waals surface area (Å²) in [5, 5.41) is 0. The number of ether oxygens (including phenoxy) is 11. The quantitative estimate of drug-likeness (QED) is 0.0101. The monoisotopic (exact) mass is 1030 g/mol. The lowest BCUT2D eigenvalue weighted by atomic mass is 10.1. The van der Waals surface area contributed by atoms with Crippen molar-refractivity contribution in [2.45, 2.75) is 51.7 Å². The number of hydrogen-bond acceptors (Lipinski definition) is 18. The lowest BCUT2D eigenvalue weighted by Gasteiger charge is -2.17. The minimum atomic E-state index is -1.22. The third-order valence-corrected chi connectivity index (χ3v) is 10.1. The summed E-state index contributed by atoms with van der Waals surface area (Å²) in [6.07, 6.45) is 6.22. The molecule has 0 aliphatic rings.